The first kappa shape index (κ1) is 18.0. The predicted molar refractivity (Wildman–Crippen MR) is 120 cm³/mol. The minimum atomic E-state index is 1.23. The zero-order valence-corrected chi connectivity index (χ0v) is 16.4. The molecule has 0 heteroatoms. The molecule has 0 unspecified atom stereocenters. The van der Waals surface area contributed by atoms with Crippen molar-refractivity contribution in [2.75, 3.05) is 0 Å². The second kappa shape index (κ2) is 8.10. The number of hydrogen-bond donors (Lipinski definition) is 0. The molecule has 0 aliphatic heterocycles. The number of hydrogen-bond acceptors (Lipinski definition) is 0. The van der Waals surface area contributed by atoms with Crippen LogP contribution in [0.5, 0.6) is 0 Å². The molecule has 0 nitrogen and oxygen atoms in total. The van der Waals surface area contributed by atoms with Crippen LogP contribution in [-0.2, 0) is 0 Å². The average Bonchev–Trinajstić information content (AvgIpc) is 2.73. The van der Waals surface area contributed by atoms with Gasteiger partial charge in [0.1, 0.15) is 0 Å². The fourth-order valence-electron chi connectivity index (χ4n) is 3.72. The highest BCUT2D eigenvalue weighted by atomic mass is 14.2. The van der Waals surface area contributed by atoms with Crippen LogP contribution >= 0.6 is 0 Å². The van der Waals surface area contributed by atoms with Gasteiger partial charge in [-0.1, -0.05) is 120 Å². The van der Waals surface area contributed by atoms with Gasteiger partial charge in [0, 0.05) is 0 Å². The average molecular weight is 361 g/mol. The maximum absolute atomic E-state index is 2.28. The number of benzene rings is 4. The van der Waals surface area contributed by atoms with E-state index in [4.69, 9.17) is 0 Å². The van der Waals surface area contributed by atoms with Gasteiger partial charge in [0.05, 0.1) is 0 Å². The van der Waals surface area contributed by atoms with Crippen molar-refractivity contribution >= 4 is 11.1 Å². The van der Waals surface area contributed by atoms with Gasteiger partial charge in [0.25, 0.3) is 0 Å². The van der Waals surface area contributed by atoms with Crippen molar-refractivity contribution in [3.8, 4) is 0 Å². The standard InChI is InChI=1S/C28H24/c1-21-11-9-17-25(19-21)28(26-18-10-12-22(2)20-26)27(23-13-5-3-6-14-23)24-15-7-4-8-16-24/h3-20H,1-2H3. The number of aryl methyl sites for hydroxylation is 2. The minimum Gasteiger partial charge on any atom is -0.0622 e. The summed E-state index contributed by atoms with van der Waals surface area (Å²) in [7, 11) is 0. The van der Waals surface area contributed by atoms with E-state index in [0.717, 1.165) is 0 Å². The first-order valence-electron chi connectivity index (χ1n) is 9.71. The molecule has 136 valence electrons. The summed E-state index contributed by atoms with van der Waals surface area (Å²) in [6.45, 7) is 4.31. The van der Waals surface area contributed by atoms with Crippen LogP contribution in [0.25, 0.3) is 11.1 Å². The predicted octanol–water partition coefficient (Wildman–Crippen LogP) is 7.31. The lowest BCUT2D eigenvalue weighted by molar-refractivity contribution is 1.41. The van der Waals surface area contributed by atoms with E-state index in [-0.39, 0.29) is 0 Å². The normalized spacial score (nSPS) is 10.5. The quantitative estimate of drug-likeness (QED) is 0.335. The molecule has 4 aromatic carbocycles. The molecule has 0 saturated heterocycles. The molecule has 0 bridgehead atoms. The Balaban J connectivity index is 2.12. The topological polar surface area (TPSA) is 0 Å². The summed E-state index contributed by atoms with van der Waals surface area (Å²) >= 11 is 0. The Labute approximate surface area is 167 Å². The molecule has 0 aliphatic rings. The van der Waals surface area contributed by atoms with Gasteiger partial charge in [0.2, 0.25) is 0 Å². The van der Waals surface area contributed by atoms with Crippen molar-refractivity contribution in [3.63, 3.8) is 0 Å². The molecule has 0 N–H and O–H groups in total. The van der Waals surface area contributed by atoms with Gasteiger partial charge in [0.15, 0.2) is 0 Å². The largest absolute Gasteiger partial charge is 0.0622 e. The van der Waals surface area contributed by atoms with Gasteiger partial charge >= 0.3 is 0 Å². The van der Waals surface area contributed by atoms with Crippen LogP contribution in [0.3, 0.4) is 0 Å². The summed E-state index contributed by atoms with van der Waals surface area (Å²) in [5.74, 6) is 0. The SMILES string of the molecule is Cc1cccc(C(=C(c2ccccc2)c2ccccc2)c2cccc(C)c2)c1. The summed E-state index contributed by atoms with van der Waals surface area (Å²) in [4.78, 5) is 0. The van der Waals surface area contributed by atoms with Crippen molar-refractivity contribution in [2.45, 2.75) is 13.8 Å². The van der Waals surface area contributed by atoms with E-state index in [0.29, 0.717) is 0 Å². The Bertz CT molecular complexity index is 1010. The van der Waals surface area contributed by atoms with Crippen LogP contribution in [0.4, 0.5) is 0 Å². The highest BCUT2D eigenvalue weighted by Gasteiger charge is 2.16. The summed E-state index contributed by atoms with van der Waals surface area (Å²) in [6.07, 6.45) is 0. The van der Waals surface area contributed by atoms with E-state index in [9.17, 15) is 0 Å². The van der Waals surface area contributed by atoms with E-state index in [1.165, 1.54) is 44.5 Å². The van der Waals surface area contributed by atoms with Crippen molar-refractivity contribution in [1.82, 2.24) is 0 Å². The van der Waals surface area contributed by atoms with E-state index >= 15 is 0 Å². The van der Waals surface area contributed by atoms with Crippen LogP contribution in [-0.4, -0.2) is 0 Å². The van der Waals surface area contributed by atoms with Gasteiger partial charge in [-0.2, -0.15) is 0 Å². The van der Waals surface area contributed by atoms with Crippen molar-refractivity contribution in [3.05, 3.63) is 143 Å². The molecular weight excluding hydrogens is 336 g/mol. The maximum Gasteiger partial charge on any atom is -0.00266 e. The van der Waals surface area contributed by atoms with Crippen LogP contribution in [0.1, 0.15) is 33.4 Å². The van der Waals surface area contributed by atoms with Gasteiger partial charge in [-0.3, -0.25) is 0 Å². The Morgan fingerprint density at radius 3 is 1.14 bits per heavy atom. The Hall–Kier alpha value is -3.38. The Kier molecular flexibility index (Phi) is 5.21. The second-order valence-electron chi connectivity index (χ2n) is 7.22. The fourth-order valence-corrected chi connectivity index (χ4v) is 3.72. The number of rotatable bonds is 4. The molecule has 4 rings (SSSR count). The lowest BCUT2D eigenvalue weighted by atomic mass is 9.85. The monoisotopic (exact) mass is 360 g/mol. The van der Waals surface area contributed by atoms with Crippen LogP contribution in [0.15, 0.2) is 109 Å². The lowest BCUT2D eigenvalue weighted by Gasteiger charge is -2.18. The molecule has 0 fully saturated rings. The zero-order chi connectivity index (χ0) is 19.3. The third-order valence-electron chi connectivity index (χ3n) is 4.99. The highest BCUT2D eigenvalue weighted by Crippen LogP contribution is 2.37. The van der Waals surface area contributed by atoms with Gasteiger partial charge in [-0.25, -0.2) is 0 Å². The fraction of sp³-hybridized carbons (Fsp3) is 0.0714. The molecule has 0 spiro atoms. The minimum absolute atomic E-state index is 1.23. The molecule has 0 aliphatic carbocycles. The molecule has 0 amide bonds. The van der Waals surface area contributed by atoms with Crippen LogP contribution < -0.4 is 0 Å². The summed E-state index contributed by atoms with van der Waals surface area (Å²) in [6, 6.07) is 39.0. The molecule has 0 heterocycles. The first-order valence-corrected chi connectivity index (χ1v) is 9.71. The molecule has 0 radical (unpaired) electrons. The zero-order valence-electron chi connectivity index (χ0n) is 16.4. The van der Waals surface area contributed by atoms with Gasteiger partial charge in [-0.05, 0) is 47.2 Å². The smallest absolute Gasteiger partial charge is 0.00266 e. The maximum atomic E-state index is 2.28. The van der Waals surface area contributed by atoms with Crippen molar-refractivity contribution in [2.24, 2.45) is 0 Å². The van der Waals surface area contributed by atoms with E-state index in [1.807, 2.05) is 0 Å². The summed E-state index contributed by atoms with van der Waals surface area (Å²) in [5.41, 5.74) is 10.0. The molecule has 0 atom stereocenters. The third kappa shape index (κ3) is 3.82. The highest BCUT2D eigenvalue weighted by molar-refractivity contribution is 6.04. The molecule has 0 saturated carbocycles. The molecule has 0 aromatic heterocycles. The van der Waals surface area contributed by atoms with Gasteiger partial charge in [-0.15, -0.1) is 0 Å². The third-order valence-corrected chi connectivity index (χ3v) is 4.99. The Morgan fingerprint density at radius 1 is 0.393 bits per heavy atom. The van der Waals surface area contributed by atoms with Crippen LogP contribution in [0.2, 0.25) is 0 Å². The molecule has 4 aromatic rings. The summed E-state index contributed by atoms with van der Waals surface area (Å²) < 4.78 is 0. The second-order valence-corrected chi connectivity index (χ2v) is 7.22. The van der Waals surface area contributed by atoms with E-state index < -0.39 is 0 Å². The molecular formula is C28H24. The van der Waals surface area contributed by atoms with Gasteiger partial charge < -0.3 is 0 Å². The van der Waals surface area contributed by atoms with E-state index in [2.05, 4.69) is 123 Å². The van der Waals surface area contributed by atoms with Crippen LogP contribution in [0, 0.1) is 13.8 Å². The van der Waals surface area contributed by atoms with Crippen molar-refractivity contribution in [1.29, 1.82) is 0 Å². The van der Waals surface area contributed by atoms with Crippen molar-refractivity contribution < 1.29 is 0 Å². The first-order chi connectivity index (χ1) is 13.7. The molecule has 28 heavy (non-hydrogen) atoms. The lowest BCUT2D eigenvalue weighted by Crippen LogP contribution is -1.98. The van der Waals surface area contributed by atoms with E-state index in [1.54, 1.807) is 0 Å². The summed E-state index contributed by atoms with van der Waals surface area (Å²) in [5, 5.41) is 0. The Morgan fingerprint density at radius 2 is 0.750 bits per heavy atom.